The van der Waals surface area contributed by atoms with Crippen molar-refractivity contribution in [3.8, 4) is 17.2 Å². The number of oxime groups is 1. The maximum Gasteiger partial charge on any atom is 0.350 e. The number of hydrogen-bond acceptors (Lipinski definition) is 6. The molecule has 2 aromatic carbocycles. The van der Waals surface area contributed by atoms with E-state index < -0.39 is 5.97 Å². The van der Waals surface area contributed by atoms with Gasteiger partial charge in [-0.2, -0.15) is 0 Å². The van der Waals surface area contributed by atoms with Gasteiger partial charge in [0.25, 0.3) is 0 Å². The molecule has 138 valence electrons. The second kappa shape index (κ2) is 8.66. The van der Waals surface area contributed by atoms with Crippen molar-refractivity contribution in [2.75, 3.05) is 0 Å². The second-order valence-corrected chi connectivity index (χ2v) is 5.67. The van der Waals surface area contributed by atoms with Crippen LogP contribution >= 0.6 is 0 Å². The van der Waals surface area contributed by atoms with Gasteiger partial charge in [0.05, 0.1) is 0 Å². The van der Waals surface area contributed by atoms with E-state index in [9.17, 15) is 4.79 Å². The Morgan fingerprint density at radius 2 is 1.89 bits per heavy atom. The Labute approximate surface area is 155 Å². The summed E-state index contributed by atoms with van der Waals surface area (Å²) < 4.78 is 11.5. The highest BCUT2D eigenvalue weighted by Crippen LogP contribution is 2.22. The lowest BCUT2D eigenvalue weighted by molar-refractivity contribution is -0.129. The molecule has 0 saturated carbocycles. The topological polar surface area (TPSA) is 94.2 Å². The SMILES string of the molecule is Cc1oc(-c2ccccc2)nc1COc1ccc(CON=CC(=O)O)cc1. The van der Waals surface area contributed by atoms with Crippen LogP contribution in [0.5, 0.6) is 5.75 Å². The quantitative estimate of drug-likeness (QED) is 0.481. The van der Waals surface area contributed by atoms with Gasteiger partial charge in [0.2, 0.25) is 5.89 Å². The minimum Gasteiger partial charge on any atom is -0.487 e. The lowest BCUT2D eigenvalue weighted by atomic mass is 10.2. The Balaban J connectivity index is 1.56. The Morgan fingerprint density at radius 1 is 1.15 bits per heavy atom. The first kappa shape index (κ1) is 18.2. The minimum atomic E-state index is -1.16. The Morgan fingerprint density at radius 3 is 2.59 bits per heavy atom. The molecule has 0 fully saturated rings. The van der Waals surface area contributed by atoms with Gasteiger partial charge in [-0.25, -0.2) is 9.78 Å². The number of carboxylic acids is 1. The van der Waals surface area contributed by atoms with Crippen LogP contribution in [0.25, 0.3) is 11.5 Å². The normalized spacial score (nSPS) is 10.9. The predicted octanol–water partition coefficient (Wildman–Crippen LogP) is 3.82. The van der Waals surface area contributed by atoms with Gasteiger partial charge in [-0.05, 0) is 36.8 Å². The van der Waals surface area contributed by atoms with Crippen molar-refractivity contribution in [2.24, 2.45) is 5.16 Å². The summed E-state index contributed by atoms with van der Waals surface area (Å²) in [5.74, 6) is 0.810. The average Bonchev–Trinajstić information content (AvgIpc) is 3.06. The molecule has 7 heteroatoms. The van der Waals surface area contributed by atoms with Crippen molar-refractivity contribution in [1.82, 2.24) is 4.98 Å². The van der Waals surface area contributed by atoms with Gasteiger partial charge in [0.15, 0.2) is 6.21 Å². The molecule has 3 rings (SSSR count). The molecule has 0 atom stereocenters. The summed E-state index contributed by atoms with van der Waals surface area (Å²) >= 11 is 0. The van der Waals surface area contributed by atoms with Crippen LogP contribution in [0.2, 0.25) is 0 Å². The zero-order valence-electron chi connectivity index (χ0n) is 14.7. The van der Waals surface area contributed by atoms with Crippen molar-refractivity contribution in [1.29, 1.82) is 0 Å². The van der Waals surface area contributed by atoms with E-state index in [1.807, 2.05) is 49.4 Å². The van der Waals surface area contributed by atoms with Crippen molar-refractivity contribution >= 4 is 12.2 Å². The number of carboxylic acid groups (broad SMARTS) is 1. The van der Waals surface area contributed by atoms with E-state index in [0.29, 0.717) is 24.5 Å². The van der Waals surface area contributed by atoms with Crippen LogP contribution in [0.15, 0.2) is 64.2 Å². The van der Waals surface area contributed by atoms with Crippen LogP contribution in [0.3, 0.4) is 0 Å². The highest BCUT2D eigenvalue weighted by Gasteiger charge is 2.11. The summed E-state index contributed by atoms with van der Waals surface area (Å²) in [4.78, 5) is 19.7. The molecule has 0 bridgehead atoms. The number of hydrogen-bond donors (Lipinski definition) is 1. The summed E-state index contributed by atoms with van der Waals surface area (Å²) in [6.45, 7) is 2.32. The Bertz CT molecular complexity index is 917. The number of ether oxygens (including phenoxy) is 1. The highest BCUT2D eigenvalue weighted by atomic mass is 16.6. The van der Waals surface area contributed by atoms with E-state index in [1.54, 1.807) is 12.1 Å². The van der Waals surface area contributed by atoms with Gasteiger partial charge in [-0.15, -0.1) is 0 Å². The molecule has 0 unspecified atom stereocenters. The smallest absolute Gasteiger partial charge is 0.350 e. The fourth-order valence-electron chi connectivity index (χ4n) is 2.29. The summed E-state index contributed by atoms with van der Waals surface area (Å²) in [5, 5.41) is 11.8. The highest BCUT2D eigenvalue weighted by molar-refractivity contribution is 6.21. The molecule has 0 spiro atoms. The molecule has 0 aliphatic carbocycles. The number of carbonyl (C=O) groups is 1. The van der Waals surface area contributed by atoms with E-state index in [4.69, 9.17) is 19.1 Å². The lowest BCUT2D eigenvalue weighted by Gasteiger charge is -2.05. The van der Waals surface area contributed by atoms with Crippen molar-refractivity contribution in [3.05, 3.63) is 71.6 Å². The molecule has 0 amide bonds. The molecule has 0 saturated heterocycles. The van der Waals surface area contributed by atoms with Crippen molar-refractivity contribution < 1.29 is 23.9 Å². The predicted molar refractivity (Wildman–Crippen MR) is 98.4 cm³/mol. The number of benzene rings is 2. The van der Waals surface area contributed by atoms with Crippen molar-refractivity contribution in [2.45, 2.75) is 20.1 Å². The van der Waals surface area contributed by atoms with Gasteiger partial charge in [0.1, 0.15) is 30.4 Å². The molecular formula is C20H18N2O5. The number of oxazole rings is 1. The number of rotatable bonds is 8. The summed E-state index contributed by atoms with van der Waals surface area (Å²) in [7, 11) is 0. The molecule has 0 aliphatic rings. The first-order valence-electron chi connectivity index (χ1n) is 8.23. The third-order valence-corrected chi connectivity index (χ3v) is 3.68. The number of aliphatic carboxylic acids is 1. The van der Waals surface area contributed by atoms with Crippen LogP contribution < -0.4 is 4.74 Å². The Hall–Kier alpha value is -3.61. The first-order valence-corrected chi connectivity index (χ1v) is 8.23. The first-order chi connectivity index (χ1) is 13.1. The van der Waals surface area contributed by atoms with Gasteiger partial charge in [0, 0.05) is 5.56 Å². The zero-order valence-corrected chi connectivity index (χ0v) is 14.7. The van der Waals surface area contributed by atoms with Gasteiger partial charge in [-0.3, -0.25) is 0 Å². The van der Waals surface area contributed by atoms with E-state index in [-0.39, 0.29) is 6.61 Å². The van der Waals surface area contributed by atoms with E-state index in [2.05, 4.69) is 10.1 Å². The third kappa shape index (κ3) is 5.18. The standard InChI is InChI=1S/C20H18N2O5/c1-14-18(22-20(27-14)16-5-3-2-4-6-16)13-25-17-9-7-15(8-10-17)12-26-21-11-19(23)24/h2-11H,12-13H2,1H3,(H,23,24). The molecule has 1 aromatic heterocycles. The fraction of sp³-hybridized carbons (Fsp3) is 0.150. The molecule has 1 heterocycles. The molecule has 1 N–H and O–H groups in total. The van der Waals surface area contributed by atoms with E-state index >= 15 is 0 Å². The molecule has 7 nitrogen and oxygen atoms in total. The fourth-order valence-corrected chi connectivity index (χ4v) is 2.29. The Kier molecular flexibility index (Phi) is 5.84. The summed E-state index contributed by atoms with van der Waals surface area (Å²) in [5.41, 5.74) is 2.50. The van der Waals surface area contributed by atoms with Crippen molar-refractivity contribution in [3.63, 3.8) is 0 Å². The third-order valence-electron chi connectivity index (χ3n) is 3.68. The molecule has 0 radical (unpaired) electrons. The minimum absolute atomic E-state index is 0.174. The van der Waals surface area contributed by atoms with Crippen LogP contribution in [0.4, 0.5) is 0 Å². The van der Waals surface area contributed by atoms with Gasteiger partial charge < -0.3 is 19.1 Å². The zero-order chi connectivity index (χ0) is 19.1. The molecule has 0 aliphatic heterocycles. The number of nitrogens with zero attached hydrogens (tertiary/aromatic N) is 2. The lowest BCUT2D eigenvalue weighted by Crippen LogP contribution is -1.98. The van der Waals surface area contributed by atoms with Crippen LogP contribution in [0, 0.1) is 6.92 Å². The summed E-state index contributed by atoms with van der Waals surface area (Å²) in [6, 6.07) is 16.9. The average molecular weight is 366 g/mol. The summed E-state index contributed by atoms with van der Waals surface area (Å²) in [6.07, 6.45) is 0.696. The second-order valence-electron chi connectivity index (χ2n) is 5.67. The maximum atomic E-state index is 10.3. The van der Waals surface area contributed by atoms with E-state index in [1.165, 1.54) is 0 Å². The monoisotopic (exact) mass is 366 g/mol. The maximum absolute atomic E-state index is 10.3. The van der Waals surface area contributed by atoms with Gasteiger partial charge >= 0.3 is 5.97 Å². The number of aryl methyl sites for hydroxylation is 1. The van der Waals surface area contributed by atoms with Gasteiger partial charge in [-0.1, -0.05) is 35.5 Å². The van der Waals surface area contributed by atoms with Crippen LogP contribution in [0.1, 0.15) is 17.0 Å². The molecular weight excluding hydrogens is 348 g/mol. The molecule has 27 heavy (non-hydrogen) atoms. The van der Waals surface area contributed by atoms with Crippen LogP contribution in [-0.2, 0) is 22.8 Å². The molecule has 3 aromatic rings. The van der Waals surface area contributed by atoms with E-state index in [0.717, 1.165) is 22.6 Å². The largest absolute Gasteiger partial charge is 0.487 e. The number of aromatic nitrogens is 1. The van der Waals surface area contributed by atoms with Crippen LogP contribution in [-0.4, -0.2) is 22.3 Å².